The summed E-state index contributed by atoms with van der Waals surface area (Å²) >= 11 is 0. The maximum absolute atomic E-state index is 13.0. The van der Waals surface area contributed by atoms with E-state index in [0.717, 1.165) is 16.8 Å². The lowest BCUT2D eigenvalue weighted by atomic mass is 10.1. The smallest absolute Gasteiger partial charge is 0.319 e. The number of rotatable bonds is 4. The lowest BCUT2D eigenvalue weighted by molar-refractivity contribution is 0.251. The lowest BCUT2D eigenvalue weighted by Crippen LogP contribution is -2.28. The molecule has 0 atom stereocenters. The fraction of sp³-hybridized carbons (Fsp3) is 0.105. The third kappa shape index (κ3) is 4.60. The number of benzene rings is 2. The molecule has 0 aliphatic carbocycles. The number of anilines is 1. The largest absolute Gasteiger partial charge is 0.332 e. The zero-order valence-electron chi connectivity index (χ0n) is 13.7. The monoisotopic (exact) mass is 336 g/mol. The van der Waals surface area contributed by atoms with Crippen molar-refractivity contribution in [1.82, 2.24) is 15.3 Å². The van der Waals surface area contributed by atoms with E-state index in [0.29, 0.717) is 11.4 Å². The molecule has 0 radical (unpaired) electrons. The van der Waals surface area contributed by atoms with Crippen LogP contribution < -0.4 is 10.6 Å². The Bertz CT molecular complexity index is 881. The summed E-state index contributed by atoms with van der Waals surface area (Å²) in [6.07, 6.45) is 1.42. The topological polar surface area (TPSA) is 66.9 Å². The number of amides is 2. The summed E-state index contributed by atoms with van der Waals surface area (Å²) in [4.78, 5) is 20.3. The van der Waals surface area contributed by atoms with Crippen LogP contribution in [0.2, 0.25) is 0 Å². The summed E-state index contributed by atoms with van der Waals surface area (Å²) in [6, 6.07) is 15.1. The van der Waals surface area contributed by atoms with Crippen molar-refractivity contribution in [2.24, 2.45) is 0 Å². The number of aromatic nitrogens is 2. The molecule has 2 N–H and O–H groups in total. The molecule has 2 aromatic carbocycles. The van der Waals surface area contributed by atoms with Gasteiger partial charge in [0.2, 0.25) is 0 Å². The highest BCUT2D eigenvalue weighted by atomic mass is 19.1. The van der Waals surface area contributed by atoms with Crippen LogP contribution in [0.5, 0.6) is 0 Å². The highest BCUT2D eigenvalue weighted by molar-refractivity contribution is 5.89. The first-order valence-corrected chi connectivity index (χ1v) is 7.78. The summed E-state index contributed by atoms with van der Waals surface area (Å²) in [5, 5.41) is 5.52. The average molecular weight is 336 g/mol. The third-order valence-corrected chi connectivity index (χ3v) is 3.57. The van der Waals surface area contributed by atoms with Crippen molar-refractivity contribution in [2.45, 2.75) is 13.5 Å². The summed E-state index contributed by atoms with van der Waals surface area (Å²) < 4.78 is 13.0. The Morgan fingerprint density at radius 3 is 2.64 bits per heavy atom. The summed E-state index contributed by atoms with van der Waals surface area (Å²) in [7, 11) is 0. The quantitative estimate of drug-likeness (QED) is 0.759. The van der Waals surface area contributed by atoms with Crippen molar-refractivity contribution < 1.29 is 9.18 Å². The molecule has 126 valence electrons. The molecule has 0 bridgehead atoms. The van der Waals surface area contributed by atoms with Gasteiger partial charge in [0.25, 0.3) is 0 Å². The molecule has 2 amide bonds. The van der Waals surface area contributed by atoms with Crippen LogP contribution in [-0.4, -0.2) is 16.0 Å². The molecule has 0 spiro atoms. The van der Waals surface area contributed by atoms with E-state index >= 15 is 0 Å². The maximum Gasteiger partial charge on any atom is 0.319 e. The number of halogens is 1. The second-order valence-corrected chi connectivity index (χ2v) is 5.58. The highest BCUT2D eigenvalue weighted by Crippen LogP contribution is 2.17. The third-order valence-electron chi connectivity index (χ3n) is 3.57. The fourth-order valence-electron chi connectivity index (χ4n) is 2.34. The molecule has 1 aromatic heterocycles. The van der Waals surface area contributed by atoms with Crippen molar-refractivity contribution in [2.75, 3.05) is 5.32 Å². The van der Waals surface area contributed by atoms with E-state index < -0.39 is 0 Å². The molecule has 5 nitrogen and oxygen atoms in total. The Hall–Kier alpha value is -3.28. The van der Waals surface area contributed by atoms with Crippen LogP contribution in [0.4, 0.5) is 14.9 Å². The number of nitrogens with zero attached hydrogens (tertiary/aromatic N) is 2. The van der Waals surface area contributed by atoms with Gasteiger partial charge in [0.15, 0.2) is 0 Å². The molecule has 0 fully saturated rings. The van der Waals surface area contributed by atoms with Crippen molar-refractivity contribution in [3.63, 3.8) is 0 Å². The van der Waals surface area contributed by atoms with Gasteiger partial charge in [0.1, 0.15) is 12.1 Å². The van der Waals surface area contributed by atoms with Crippen molar-refractivity contribution in [1.29, 1.82) is 0 Å². The van der Waals surface area contributed by atoms with Crippen molar-refractivity contribution >= 4 is 11.7 Å². The van der Waals surface area contributed by atoms with Crippen LogP contribution >= 0.6 is 0 Å². The minimum absolute atomic E-state index is 0.258. The SMILES string of the molecule is Cc1cccc(NC(=O)NCc2cc(-c3ccc(F)cc3)ncn2)c1. The second-order valence-electron chi connectivity index (χ2n) is 5.58. The molecular formula is C19H17FN4O. The summed E-state index contributed by atoms with van der Waals surface area (Å²) in [5.41, 5.74) is 3.92. The van der Waals surface area contributed by atoms with Crippen LogP contribution in [0.3, 0.4) is 0 Å². The van der Waals surface area contributed by atoms with Crippen LogP contribution in [-0.2, 0) is 6.54 Å². The van der Waals surface area contributed by atoms with Gasteiger partial charge in [-0.2, -0.15) is 0 Å². The van der Waals surface area contributed by atoms with Crippen LogP contribution in [0.15, 0.2) is 60.9 Å². The molecule has 25 heavy (non-hydrogen) atoms. The van der Waals surface area contributed by atoms with E-state index in [4.69, 9.17) is 0 Å². The van der Waals surface area contributed by atoms with Crippen molar-refractivity contribution in [3.8, 4) is 11.3 Å². The predicted molar refractivity (Wildman–Crippen MR) is 94.5 cm³/mol. The molecule has 3 rings (SSSR count). The number of hydrogen-bond donors (Lipinski definition) is 2. The fourth-order valence-corrected chi connectivity index (χ4v) is 2.34. The Kier molecular flexibility index (Phi) is 4.99. The standard InChI is InChI=1S/C19H17FN4O/c1-13-3-2-4-16(9-13)24-19(25)21-11-17-10-18(23-12-22-17)14-5-7-15(20)8-6-14/h2-10,12H,11H2,1H3,(H2,21,24,25). The number of hydrogen-bond acceptors (Lipinski definition) is 3. The molecule has 1 heterocycles. The Morgan fingerprint density at radius 1 is 1.08 bits per heavy atom. The first kappa shape index (κ1) is 16.6. The summed E-state index contributed by atoms with van der Waals surface area (Å²) in [5.74, 6) is -0.299. The van der Waals surface area contributed by atoms with Crippen LogP contribution in [0.1, 0.15) is 11.3 Å². The van der Waals surface area contributed by atoms with Crippen LogP contribution in [0, 0.1) is 12.7 Å². The van der Waals surface area contributed by atoms with Gasteiger partial charge in [-0.05, 0) is 55.0 Å². The lowest BCUT2D eigenvalue weighted by Gasteiger charge is -2.08. The van der Waals surface area contributed by atoms with Gasteiger partial charge in [0, 0.05) is 11.3 Å². The minimum Gasteiger partial charge on any atom is -0.332 e. The Labute approximate surface area is 145 Å². The molecule has 0 aliphatic rings. The highest BCUT2D eigenvalue weighted by Gasteiger charge is 2.05. The van der Waals surface area contributed by atoms with Gasteiger partial charge in [-0.3, -0.25) is 0 Å². The zero-order valence-corrected chi connectivity index (χ0v) is 13.7. The van der Waals surface area contributed by atoms with E-state index in [1.165, 1.54) is 18.5 Å². The number of urea groups is 1. The first-order chi connectivity index (χ1) is 12.1. The molecule has 0 saturated carbocycles. The minimum atomic E-state index is -0.312. The Balaban J connectivity index is 1.62. The Morgan fingerprint density at radius 2 is 1.88 bits per heavy atom. The van der Waals surface area contributed by atoms with Gasteiger partial charge in [-0.15, -0.1) is 0 Å². The van der Waals surface area contributed by atoms with E-state index in [1.54, 1.807) is 18.2 Å². The molecule has 6 heteroatoms. The van der Waals surface area contributed by atoms with Gasteiger partial charge < -0.3 is 10.6 Å². The number of nitrogens with one attached hydrogen (secondary N) is 2. The number of aryl methyl sites for hydroxylation is 1. The van der Waals surface area contributed by atoms with Gasteiger partial charge in [-0.1, -0.05) is 12.1 Å². The molecule has 0 unspecified atom stereocenters. The number of carbonyl (C=O) groups excluding carboxylic acids is 1. The molecule has 3 aromatic rings. The maximum atomic E-state index is 13.0. The van der Waals surface area contributed by atoms with Crippen LogP contribution in [0.25, 0.3) is 11.3 Å². The average Bonchev–Trinajstić information content (AvgIpc) is 2.61. The second kappa shape index (κ2) is 7.53. The van der Waals surface area contributed by atoms with Gasteiger partial charge in [0.05, 0.1) is 17.9 Å². The van der Waals surface area contributed by atoms with E-state index in [1.807, 2.05) is 31.2 Å². The molecular weight excluding hydrogens is 319 g/mol. The zero-order chi connectivity index (χ0) is 17.6. The van der Waals surface area contributed by atoms with Gasteiger partial charge in [-0.25, -0.2) is 19.2 Å². The first-order valence-electron chi connectivity index (χ1n) is 7.78. The number of carbonyl (C=O) groups is 1. The predicted octanol–water partition coefficient (Wildman–Crippen LogP) is 3.91. The van der Waals surface area contributed by atoms with E-state index in [-0.39, 0.29) is 18.4 Å². The van der Waals surface area contributed by atoms with E-state index in [2.05, 4.69) is 20.6 Å². The van der Waals surface area contributed by atoms with E-state index in [9.17, 15) is 9.18 Å². The van der Waals surface area contributed by atoms with Gasteiger partial charge >= 0.3 is 6.03 Å². The van der Waals surface area contributed by atoms with Crippen molar-refractivity contribution in [3.05, 3.63) is 78.0 Å². The molecule has 0 aliphatic heterocycles. The normalized spacial score (nSPS) is 10.3. The summed E-state index contributed by atoms with van der Waals surface area (Å²) in [6.45, 7) is 2.22. The molecule has 0 saturated heterocycles.